The Hall–Kier alpha value is -2.98. The molecule has 2 aromatic heterocycles. The fourth-order valence-corrected chi connectivity index (χ4v) is 3.29. The molecule has 10 heteroatoms. The van der Waals surface area contributed by atoms with Crippen LogP contribution in [0.25, 0.3) is 11.3 Å². The van der Waals surface area contributed by atoms with Gasteiger partial charge in [-0.1, -0.05) is 12.1 Å². The van der Waals surface area contributed by atoms with Gasteiger partial charge in [0.15, 0.2) is 0 Å². The molecule has 27 heavy (non-hydrogen) atoms. The lowest BCUT2D eigenvalue weighted by atomic mass is 10.1. The molecule has 0 aliphatic rings. The first-order valence-corrected chi connectivity index (χ1v) is 9.82. The molecule has 0 unspecified atom stereocenters. The first kappa shape index (κ1) is 18.8. The van der Waals surface area contributed by atoms with Crippen LogP contribution in [0.2, 0.25) is 0 Å². The third-order valence-electron chi connectivity index (χ3n) is 3.72. The highest BCUT2D eigenvalue weighted by Crippen LogP contribution is 2.24. The molecular formula is C17H20N6O3S. The van der Waals surface area contributed by atoms with Crippen LogP contribution >= 0.6 is 0 Å². The number of hydrogen-bond acceptors (Lipinski definition) is 7. The lowest BCUT2D eigenvalue weighted by Crippen LogP contribution is -2.18. The molecule has 0 fully saturated rings. The third-order valence-corrected chi connectivity index (χ3v) is 4.99. The van der Waals surface area contributed by atoms with Gasteiger partial charge in [0, 0.05) is 30.7 Å². The monoisotopic (exact) mass is 388 g/mol. The van der Waals surface area contributed by atoms with Crippen molar-refractivity contribution in [3.05, 3.63) is 48.4 Å². The number of aryl methyl sites for hydroxylation is 2. The van der Waals surface area contributed by atoms with Gasteiger partial charge < -0.3 is 10.4 Å². The lowest BCUT2D eigenvalue weighted by molar-refractivity contribution is 0.320. The van der Waals surface area contributed by atoms with E-state index in [1.807, 2.05) is 20.2 Å². The number of aromatic nitrogens is 4. The summed E-state index contributed by atoms with van der Waals surface area (Å²) < 4.78 is 27.5. The SMILES string of the molecule is Cc1cnc(Nc2cnn(C)c2)nc1-c1ccc(NS(=O)(=O)CCO)cc1. The molecule has 1 aromatic carbocycles. The quantitative estimate of drug-likeness (QED) is 0.563. The minimum absolute atomic E-state index is 0.344. The minimum Gasteiger partial charge on any atom is -0.395 e. The normalized spacial score (nSPS) is 11.4. The third kappa shape index (κ3) is 4.80. The topological polar surface area (TPSA) is 122 Å². The first-order chi connectivity index (χ1) is 12.9. The molecule has 0 amide bonds. The molecule has 3 aromatic rings. The molecule has 2 heterocycles. The number of aliphatic hydroxyl groups excluding tert-OH is 1. The zero-order chi connectivity index (χ0) is 19.4. The van der Waals surface area contributed by atoms with E-state index in [0.29, 0.717) is 11.6 Å². The number of aliphatic hydroxyl groups is 1. The van der Waals surface area contributed by atoms with Crippen molar-refractivity contribution < 1.29 is 13.5 Å². The maximum atomic E-state index is 11.7. The molecular weight excluding hydrogens is 368 g/mol. The second-order valence-corrected chi connectivity index (χ2v) is 7.82. The van der Waals surface area contributed by atoms with Gasteiger partial charge >= 0.3 is 0 Å². The summed E-state index contributed by atoms with van der Waals surface area (Å²) in [6, 6.07) is 6.86. The molecule has 0 atom stereocenters. The summed E-state index contributed by atoms with van der Waals surface area (Å²) in [5.41, 5.74) is 3.66. The zero-order valence-corrected chi connectivity index (χ0v) is 15.7. The van der Waals surface area contributed by atoms with E-state index >= 15 is 0 Å². The fourth-order valence-electron chi connectivity index (χ4n) is 2.46. The van der Waals surface area contributed by atoms with Gasteiger partial charge in [0.2, 0.25) is 16.0 Å². The molecule has 0 aliphatic carbocycles. The van der Waals surface area contributed by atoms with E-state index in [4.69, 9.17) is 5.11 Å². The molecule has 142 valence electrons. The van der Waals surface area contributed by atoms with Crippen LogP contribution in [-0.2, 0) is 17.1 Å². The number of hydrogen-bond donors (Lipinski definition) is 3. The van der Waals surface area contributed by atoms with E-state index in [0.717, 1.165) is 22.5 Å². The highest BCUT2D eigenvalue weighted by Gasteiger charge is 2.11. The Morgan fingerprint density at radius 2 is 1.89 bits per heavy atom. The van der Waals surface area contributed by atoms with Crippen molar-refractivity contribution in [1.29, 1.82) is 0 Å². The highest BCUT2D eigenvalue weighted by molar-refractivity contribution is 7.92. The van der Waals surface area contributed by atoms with Crippen LogP contribution in [-0.4, -0.2) is 45.6 Å². The standard InChI is InChI=1S/C17H20N6O3S/c1-12-9-18-17(20-15-10-19-23(2)11-15)21-16(12)13-3-5-14(6-4-13)22-27(25,26)8-7-24/h3-6,9-11,22,24H,7-8H2,1-2H3,(H,18,20,21). The Bertz CT molecular complexity index is 1030. The van der Waals surface area contributed by atoms with E-state index < -0.39 is 16.6 Å². The number of nitrogens with one attached hydrogen (secondary N) is 2. The molecule has 0 spiro atoms. The molecule has 9 nitrogen and oxygen atoms in total. The summed E-state index contributed by atoms with van der Waals surface area (Å²) in [7, 11) is -1.73. The number of anilines is 3. The first-order valence-electron chi connectivity index (χ1n) is 8.17. The van der Waals surface area contributed by atoms with Crippen molar-refractivity contribution in [3.63, 3.8) is 0 Å². The van der Waals surface area contributed by atoms with Gasteiger partial charge in [-0.2, -0.15) is 5.10 Å². The van der Waals surface area contributed by atoms with Crippen molar-refractivity contribution in [2.45, 2.75) is 6.92 Å². The molecule has 0 bridgehead atoms. The van der Waals surface area contributed by atoms with E-state index in [9.17, 15) is 8.42 Å². The molecule has 0 saturated heterocycles. The van der Waals surface area contributed by atoms with Gasteiger partial charge in [-0.15, -0.1) is 0 Å². The van der Waals surface area contributed by atoms with E-state index in [2.05, 4.69) is 25.1 Å². The predicted molar refractivity (Wildman–Crippen MR) is 103 cm³/mol. The Balaban J connectivity index is 1.82. The summed E-state index contributed by atoms with van der Waals surface area (Å²) in [4.78, 5) is 8.83. The number of rotatable bonds is 7. The van der Waals surface area contributed by atoms with Crippen molar-refractivity contribution >= 4 is 27.3 Å². The van der Waals surface area contributed by atoms with Crippen molar-refractivity contribution in [2.75, 3.05) is 22.4 Å². The molecule has 0 radical (unpaired) electrons. The van der Waals surface area contributed by atoms with Crippen LogP contribution in [0.5, 0.6) is 0 Å². The maximum absolute atomic E-state index is 11.7. The van der Waals surface area contributed by atoms with E-state index in [1.165, 1.54) is 0 Å². The fraction of sp³-hybridized carbons (Fsp3) is 0.235. The second kappa shape index (κ2) is 7.72. The minimum atomic E-state index is -3.55. The Kier molecular flexibility index (Phi) is 5.38. The lowest BCUT2D eigenvalue weighted by Gasteiger charge is -2.10. The highest BCUT2D eigenvalue weighted by atomic mass is 32.2. The second-order valence-electron chi connectivity index (χ2n) is 5.97. The summed E-state index contributed by atoms with van der Waals surface area (Å²) in [6.07, 6.45) is 5.21. The Morgan fingerprint density at radius 3 is 2.52 bits per heavy atom. The van der Waals surface area contributed by atoms with Crippen LogP contribution in [0.3, 0.4) is 0 Å². The van der Waals surface area contributed by atoms with Crippen LogP contribution in [0.1, 0.15) is 5.56 Å². The molecule has 0 saturated carbocycles. The van der Waals surface area contributed by atoms with Crippen molar-refractivity contribution in [1.82, 2.24) is 19.7 Å². The average molecular weight is 388 g/mol. The summed E-state index contributed by atoms with van der Waals surface area (Å²) >= 11 is 0. The average Bonchev–Trinajstić information content (AvgIpc) is 3.02. The smallest absolute Gasteiger partial charge is 0.234 e. The van der Waals surface area contributed by atoms with Gasteiger partial charge in [-0.05, 0) is 24.6 Å². The number of benzene rings is 1. The maximum Gasteiger partial charge on any atom is 0.234 e. The largest absolute Gasteiger partial charge is 0.395 e. The predicted octanol–water partition coefficient (Wildman–Crippen LogP) is 1.66. The van der Waals surface area contributed by atoms with Crippen LogP contribution in [0.4, 0.5) is 17.3 Å². The van der Waals surface area contributed by atoms with Crippen LogP contribution in [0.15, 0.2) is 42.9 Å². The summed E-state index contributed by atoms with van der Waals surface area (Å²) in [5.74, 6) is 0.0969. The summed E-state index contributed by atoms with van der Waals surface area (Å²) in [6.45, 7) is 1.47. The van der Waals surface area contributed by atoms with Crippen LogP contribution < -0.4 is 10.0 Å². The van der Waals surface area contributed by atoms with Gasteiger partial charge in [0.05, 0.1) is 29.9 Å². The van der Waals surface area contributed by atoms with Crippen molar-refractivity contribution in [3.8, 4) is 11.3 Å². The molecule has 3 N–H and O–H groups in total. The van der Waals surface area contributed by atoms with Gasteiger partial charge in [-0.25, -0.2) is 18.4 Å². The van der Waals surface area contributed by atoms with Crippen LogP contribution in [0, 0.1) is 6.92 Å². The Labute approximate surface area is 157 Å². The van der Waals surface area contributed by atoms with Crippen molar-refractivity contribution in [2.24, 2.45) is 7.05 Å². The van der Waals surface area contributed by atoms with E-state index in [1.54, 1.807) is 41.3 Å². The number of sulfonamides is 1. The van der Waals surface area contributed by atoms with Gasteiger partial charge in [-0.3, -0.25) is 9.40 Å². The van der Waals surface area contributed by atoms with E-state index in [-0.39, 0.29) is 5.75 Å². The van der Waals surface area contributed by atoms with Gasteiger partial charge in [0.1, 0.15) is 0 Å². The summed E-state index contributed by atoms with van der Waals surface area (Å²) in [5, 5.41) is 16.0. The Morgan fingerprint density at radius 1 is 1.15 bits per heavy atom. The number of nitrogens with zero attached hydrogens (tertiary/aromatic N) is 4. The van der Waals surface area contributed by atoms with Gasteiger partial charge in [0.25, 0.3) is 0 Å². The molecule has 0 aliphatic heterocycles. The molecule has 3 rings (SSSR count). The zero-order valence-electron chi connectivity index (χ0n) is 14.9.